The Kier molecular flexibility index (Phi) is 4.40. The van der Waals surface area contributed by atoms with Crippen molar-refractivity contribution in [2.24, 2.45) is 11.8 Å². The van der Waals surface area contributed by atoms with Gasteiger partial charge in [-0.15, -0.1) is 0 Å². The molecular weight excluding hydrogens is 248 g/mol. The molecule has 0 aromatic rings. The van der Waals surface area contributed by atoms with E-state index in [4.69, 9.17) is 4.74 Å². The molecule has 4 atom stereocenters. The van der Waals surface area contributed by atoms with Gasteiger partial charge in [0.05, 0.1) is 6.10 Å². The zero-order valence-corrected chi connectivity index (χ0v) is 13.5. The first kappa shape index (κ1) is 14.8. The summed E-state index contributed by atoms with van der Waals surface area (Å²) in [4.78, 5) is 2.79. The lowest BCUT2D eigenvalue weighted by Gasteiger charge is -2.50. The second-order valence-corrected chi connectivity index (χ2v) is 7.54. The molecule has 2 aliphatic heterocycles. The van der Waals surface area contributed by atoms with E-state index in [1.54, 1.807) is 0 Å². The number of piperazine rings is 1. The summed E-state index contributed by atoms with van der Waals surface area (Å²) in [5, 5.41) is 3.85. The van der Waals surface area contributed by atoms with Crippen molar-refractivity contribution in [3.8, 4) is 0 Å². The fraction of sp³-hybridized carbons (Fsp3) is 1.00. The molecule has 3 rings (SSSR count). The Morgan fingerprint density at radius 3 is 2.75 bits per heavy atom. The lowest BCUT2D eigenvalue weighted by molar-refractivity contribution is -0.0173. The second-order valence-electron chi connectivity index (χ2n) is 7.54. The number of ether oxygens (including phenoxy) is 1. The third-order valence-electron chi connectivity index (χ3n) is 6.10. The number of nitrogens with zero attached hydrogens (tertiary/aromatic N) is 1. The van der Waals surface area contributed by atoms with Gasteiger partial charge in [-0.05, 0) is 44.4 Å². The Balaban J connectivity index is 1.68. The highest BCUT2D eigenvalue weighted by molar-refractivity contribution is 5.05. The highest BCUT2D eigenvalue weighted by atomic mass is 16.5. The smallest absolute Gasteiger partial charge is 0.0703 e. The van der Waals surface area contributed by atoms with Gasteiger partial charge in [0.15, 0.2) is 0 Å². The van der Waals surface area contributed by atoms with Crippen LogP contribution >= 0.6 is 0 Å². The van der Waals surface area contributed by atoms with Crippen LogP contribution in [0.1, 0.15) is 52.9 Å². The summed E-state index contributed by atoms with van der Waals surface area (Å²) in [7, 11) is 0. The van der Waals surface area contributed by atoms with E-state index in [0.29, 0.717) is 17.7 Å². The number of hydrogen-bond acceptors (Lipinski definition) is 3. The van der Waals surface area contributed by atoms with Crippen LogP contribution in [-0.4, -0.2) is 48.8 Å². The first-order valence-electron chi connectivity index (χ1n) is 8.73. The number of hydrogen-bond donors (Lipinski definition) is 1. The van der Waals surface area contributed by atoms with E-state index in [0.717, 1.165) is 25.0 Å². The molecule has 4 unspecified atom stereocenters. The van der Waals surface area contributed by atoms with Gasteiger partial charge in [-0.25, -0.2) is 0 Å². The van der Waals surface area contributed by atoms with Crippen LogP contribution in [0.5, 0.6) is 0 Å². The summed E-state index contributed by atoms with van der Waals surface area (Å²) in [5.41, 5.74) is 0.371. The number of rotatable bonds is 5. The van der Waals surface area contributed by atoms with Crippen molar-refractivity contribution < 1.29 is 4.74 Å². The third kappa shape index (κ3) is 2.90. The average Bonchev–Trinajstić information content (AvgIpc) is 3.20. The molecule has 2 saturated heterocycles. The van der Waals surface area contributed by atoms with Gasteiger partial charge in [0.1, 0.15) is 0 Å². The van der Waals surface area contributed by atoms with Crippen LogP contribution in [0.4, 0.5) is 0 Å². The van der Waals surface area contributed by atoms with Gasteiger partial charge in [0.25, 0.3) is 0 Å². The lowest BCUT2D eigenvalue weighted by atomic mass is 9.86. The van der Waals surface area contributed by atoms with E-state index < -0.39 is 0 Å². The van der Waals surface area contributed by atoms with Gasteiger partial charge < -0.3 is 10.1 Å². The van der Waals surface area contributed by atoms with E-state index in [-0.39, 0.29) is 0 Å². The third-order valence-corrected chi connectivity index (χ3v) is 6.10. The minimum Gasteiger partial charge on any atom is -0.377 e. The Labute approximate surface area is 124 Å². The zero-order valence-electron chi connectivity index (χ0n) is 13.5. The molecule has 0 amide bonds. The minimum atomic E-state index is 0.371. The number of nitrogens with one attached hydrogen (secondary N) is 1. The molecule has 116 valence electrons. The normalized spacial score (nSPS) is 41.0. The predicted molar refractivity (Wildman–Crippen MR) is 82.9 cm³/mol. The quantitative estimate of drug-likeness (QED) is 0.838. The molecule has 3 heteroatoms. The molecule has 3 nitrogen and oxygen atoms in total. The molecule has 20 heavy (non-hydrogen) atoms. The highest BCUT2D eigenvalue weighted by Gasteiger charge is 2.49. The fourth-order valence-electron chi connectivity index (χ4n) is 4.05. The maximum absolute atomic E-state index is 5.91. The van der Waals surface area contributed by atoms with Gasteiger partial charge in [-0.2, -0.15) is 0 Å². The van der Waals surface area contributed by atoms with Gasteiger partial charge in [-0.1, -0.05) is 20.3 Å². The molecular formula is C17H32N2O. The summed E-state index contributed by atoms with van der Waals surface area (Å²) >= 11 is 0. The molecule has 2 heterocycles. The van der Waals surface area contributed by atoms with Crippen molar-refractivity contribution in [1.82, 2.24) is 10.2 Å². The Bertz CT molecular complexity index is 325. The Morgan fingerprint density at radius 2 is 2.15 bits per heavy atom. The van der Waals surface area contributed by atoms with Crippen LogP contribution in [-0.2, 0) is 4.74 Å². The molecule has 0 bridgehead atoms. The van der Waals surface area contributed by atoms with E-state index >= 15 is 0 Å². The topological polar surface area (TPSA) is 24.5 Å². The highest BCUT2D eigenvalue weighted by Crippen LogP contribution is 2.44. The summed E-state index contributed by atoms with van der Waals surface area (Å²) in [6.45, 7) is 11.7. The van der Waals surface area contributed by atoms with E-state index in [9.17, 15) is 0 Å². The molecule has 3 fully saturated rings. The average molecular weight is 280 g/mol. The van der Waals surface area contributed by atoms with E-state index in [1.807, 2.05) is 0 Å². The first-order valence-corrected chi connectivity index (χ1v) is 8.73. The van der Waals surface area contributed by atoms with Gasteiger partial charge in [0, 0.05) is 37.8 Å². The fourth-order valence-corrected chi connectivity index (χ4v) is 4.05. The van der Waals surface area contributed by atoms with Crippen molar-refractivity contribution in [2.75, 3.05) is 26.2 Å². The molecule has 3 aliphatic rings. The molecule has 0 spiro atoms. The largest absolute Gasteiger partial charge is 0.377 e. The van der Waals surface area contributed by atoms with Crippen LogP contribution in [0.2, 0.25) is 0 Å². The monoisotopic (exact) mass is 280 g/mol. The van der Waals surface area contributed by atoms with Gasteiger partial charge in [0.2, 0.25) is 0 Å². The van der Waals surface area contributed by atoms with Crippen LogP contribution in [0.25, 0.3) is 0 Å². The second kappa shape index (κ2) is 5.94. The Hall–Kier alpha value is -0.120. The van der Waals surface area contributed by atoms with Crippen molar-refractivity contribution >= 4 is 0 Å². The minimum absolute atomic E-state index is 0.371. The van der Waals surface area contributed by atoms with E-state index in [2.05, 4.69) is 31.0 Å². The van der Waals surface area contributed by atoms with Crippen molar-refractivity contribution in [3.63, 3.8) is 0 Å². The summed E-state index contributed by atoms with van der Waals surface area (Å²) in [6, 6.07) is 0.660. The van der Waals surface area contributed by atoms with Gasteiger partial charge in [-0.3, -0.25) is 4.90 Å². The van der Waals surface area contributed by atoms with Crippen molar-refractivity contribution in [3.05, 3.63) is 0 Å². The van der Waals surface area contributed by atoms with Crippen LogP contribution < -0.4 is 5.32 Å². The first-order chi connectivity index (χ1) is 9.63. The predicted octanol–water partition coefficient (Wildman–Crippen LogP) is 2.65. The van der Waals surface area contributed by atoms with Crippen LogP contribution in [0, 0.1) is 11.8 Å². The Morgan fingerprint density at radius 1 is 1.35 bits per heavy atom. The van der Waals surface area contributed by atoms with Crippen molar-refractivity contribution in [1.29, 1.82) is 0 Å². The molecule has 1 saturated carbocycles. The zero-order chi connectivity index (χ0) is 14.2. The van der Waals surface area contributed by atoms with E-state index in [1.165, 1.54) is 45.2 Å². The molecule has 0 radical (unpaired) electrons. The van der Waals surface area contributed by atoms with Crippen molar-refractivity contribution in [2.45, 2.75) is 70.6 Å². The standard InChI is InChI=1S/C17H32N2O/c1-4-13(2)16-11-19(10-15-6-5-9-20-15)17(3,12-18-16)14-7-8-14/h13-16,18H,4-12H2,1-3H3. The maximum Gasteiger partial charge on any atom is 0.0703 e. The summed E-state index contributed by atoms with van der Waals surface area (Å²) in [5.74, 6) is 1.68. The molecule has 0 aromatic carbocycles. The molecule has 1 N–H and O–H groups in total. The lowest BCUT2D eigenvalue weighted by Crippen LogP contribution is -2.66. The van der Waals surface area contributed by atoms with Crippen LogP contribution in [0.3, 0.4) is 0 Å². The summed E-state index contributed by atoms with van der Waals surface area (Å²) < 4.78 is 5.91. The van der Waals surface area contributed by atoms with Crippen LogP contribution in [0.15, 0.2) is 0 Å². The molecule has 0 aromatic heterocycles. The maximum atomic E-state index is 5.91. The summed E-state index contributed by atoms with van der Waals surface area (Å²) in [6.07, 6.45) is 7.13. The molecule has 1 aliphatic carbocycles. The SMILES string of the molecule is CCC(C)C1CN(CC2CCCO2)C(C)(C2CC2)CN1. The van der Waals surface area contributed by atoms with Gasteiger partial charge >= 0.3 is 0 Å².